The molecule has 0 saturated carbocycles. The summed E-state index contributed by atoms with van der Waals surface area (Å²) in [6.45, 7) is 0. The van der Waals surface area contributed by atoms with Crippen molar-refractivity contribution in [2.24, 2.45) is 0 Å². The number of imidazole rings is 1. The fraction of sp³-hybridized carbons (Fsp3) is 0.0400. The third-order valence-corrected chi connectivity index (χ3v) is 5.13. The van der Waals surface area contributed by atoms with Crippen LogP contribution in [0.5, 0.6) is 0 Å². The number of nitrogens with one attached hydrogen (secondary N) is 2. The summed E-state index contributed by atoms with van der Waals surface area (Å²) in [6.07, 6.45) is -4.41. The number of aromatic nitrogens is 3. The summed E-state index contributed by atoms with van der Waals surface area (Å²) in [5.74, 6) is -0.0627. The Morgan fingerprint density at radius 3 is 2.27 bits per heavy atom. The molecule has 0 unspecified atom stereocenters. The zero-order valence-corrected chi connectivity index (χ0v) is 17.0. The van der Waals surface area contributed by atoms with E-state index in [1.165, 1.54) is 12.1 Å². The second-order valence-corrected chi connectivity index (χ2v) is 7.44. The number of fused-ring (bicyclic) bond motifs is 1. The van der Waals surface area contributed by atoms with Crippen LogP contribution >= 0.6 is 0 Å². The normalized spacial score (nSPS) is 11.6. The van der Waals surface area contributed by atoms with E-state index in [0.717, 1.165) is 34.6 Å². The lowest BCUT2D eigenvalue weighted by molar-refractivity contribution is -0.137. The molecule has 0 saturated heterocycles. The molecule has 5 rings (SSSR count). The van der Waals surface area contributed by atoms with Crippen LogP contribution in [0.3, 0.4) is 0 Å². The number of hydrogen-bond donors (Lipinski definition) is 2. The van der Waals surface area contributed by atoms with Crippen molar-refractivity contribution in [3.8, 4) is 22.6 Å². The van der Waals surface area contributed by atoms with E-state index in [4.69, 9.17) is 0 Å². The standard InChI is InChI=1S/C25H16F4N4/c26-23-6-2-5-20(31-23)15-7-10-18(11-8-15)30-19-4-1-3-16(13-19)24-32-21-12-9-17(25(27,28)29)14-22(21)33-24/h1-14,30H,(H,32,33). The number of benzene rings is 3. The second kappa shape index (κ2) is 8.05. The number of halogens is 4. The van der Waals surface area contributed by atoms with Gasteiger partial charge in [0.1, 0.15) is 5.82 Å². The van der Waals surface area contributed by atoms with Gasteiger partial charge >= 0.3 is 6.18 Å². The van der Waals surface area contributed by atoms with Gasteiger partial charge in [0.05, 0.1) is 22.3 Å². The van der Waals surface area contributed by atoms with Crippen molar-refractivity contribution in [2.75, 3.05) is 5.32 Å². The van der Waals surface area contributed by atoms with Gasteiger partial charge in [-0.3, -0.25) is 0 Å². The van der Waals surface area contributed by atoms with Crippen LogP contribution in [0.4, 0.5) is 28.9 Å². The zero-order valence-electron chi connectivity index (χ0n) is 17.0. The zero-order chi connectivity index (χ0) is 23.0. The lowest BCUT2D eigenvalue weighted by Gasteiger charge is -2.09. The molecule has 164 valence electrons. The Bertz CT molecular complexity index is 1440. The Morgan fingerprint density at radius 2 is 1.52 bits per heavy atom. The van der Waals surface area contributed by atoms with E-state index in [2.05, 4.69) is 20.3 Å². The quantitative estimate of drug-likeness (QED) is 0.226. The number of rotatable bonds is 4. The number of pyridine rings is 1. The van der Waals surface area contributed by atoms with Gasteiger partial charge < -0.3 is 10.3 Å². The Kier molecular flexibility index (Phi) is 5.05. The number of H-pyrrole nitrogens is 1. The maximum absolute atomic E-state index is 13.4. The Hall–Kier alpha value is -4.20. The monoisotopic (exact) mass is 448 g/mol. The molecule has 0 aliphatic heterocycles. The van der Waals surface area contributed by atoms with Gasteiger partial charge in [0.15, 0.2) is 0 Å². The van der Waals surface area contributed by atoms with Crippen LogP contribution in [0.15, 0.2) is 84.9 Å². The largest absolute Gasteiger partial charge is 0.416 e. The summed E-state index contributed by atoms with van der Waals surface area (Å²) >= 11 is 0. The highest BCUT2D eigenvalue weighted by Crippen LogP contribution is 2.32. The third kappa shape index (κ3) is 4.41. The third-order valence-electron chi connectivity index (χ3n) is 5.13. The summed E-state index contributed by atoms with van der Waals surface area (Å²) < 4.78 is 52.3. The summed E-state index contributed by atoms with van der Waals surface area (Å²) in [4.78, 5) is 11.3. The van der Waals surface area contributed by atoms with Crippen LogP contribution in [0.2, 0.25) is 0 Å². The lowest BCUT2D eigenvalue weighted by atomic mass is 10.1. The molecule has 2 N–H and O–H groups in total. The van der Waals surface area contributed by atoms with E-state index in [1.807, 2.05) is 48.5 Å². The van der Waals surface area contributed by atoms with Gasteiger partial charge in [0.25, 0.3) is 0 Å². The highest BCUT2D eigenvalue weighted by molar-refractivity contribution is 5.81. The van der Waals surface area contributed by atoms with Gasteiger partial charge in [-0.1, -0.05) is 30.3 Å². The minimum atomic E-state index is -4.41. The van der Waals surface area contributed by atoms with Crippen molar-refractivity contribution in [3.05, 3.63) is 96.4 Å². The Morgan fingerprint density at radius 1 is 0.727 bits per heavy atom. The highest BCUT2D eigenvalue weighted by atomic mass is 19.4. The van der Waals surface area contributed by atoms with E-state index in [-0.39, 0.29) is 0 Å². The number of aromatic amines is 1. The molecule has 2 heterocycles. The molecular formula is C25H16F4N4. The average Bonchev–Trinajstić information content (AvgIpc) is 3.23. The molecule has 8 heteroatoms. The van der Waals surface area contributed by atoms with Crippen molar-refractivity contribution in [2.45, 2.75) is 6.18 Å². The second-order valence-electron chi connectivity index (χ2n) is 7.44. The van der Waals surface area contributed by atoms with Crippen molar-refractivity contribution < 1.29 is 17.6 Å². The summed E-state index contributed by atoms with van der Waals surface area (Å²) in [6, 6.07) is 22.8. The smallest absolute Gasteiger partial charge is 0.356 e. The molecule has 0 spiro atoms. The molecule has 4 nitrogen and oxygen atoms in total. The first-order valence-corrected chi connectivity index (χ1v) is 10.0. The first-order valence-electron chi connectivity index (χ1n) is 10.0. The highest BCUT2D eigenvalue weighted by Gasteiger charge is 2.30. The number of hydrogen-bond acceptors (Lipinski definition) is 3. The molecule has 5 aromatic rings. The topological polar surface area (TPSA) is 53.6 Å². The van der Waals surface area contributed by atoms with E-state index >= 15 is 0 Å². The first kappa shape index (κ1) is 20.7. The van der Waals surface area contributed by atoms with Gasteiger partial charge in [0.2, 0.25) is 5.95 Å². The number of alkyl halides is 3. The minimum Gasteiger partial charge on any atom is -0.356 e. The molecule has 33 heavy (non-hydrogen) atoms. The van der Waals surface area contributed by atoms with Gasteiger partial charge in [-0.2, -0.15) is 17.6 Å². The van der Waals surface area contributed by atoms with Crippen molar-refractivity contribution >= 4 is 22.4 Å². The molecule has 0 amide bonds. The minimum absolute atomic E-state index is 0.319. The van der Waals surface area contributed by atoms with Gasteiger partial charge in [-0.05, 0) is 54.6 Å². The fourth-order valence-corrected chi connectivity index (χ4v) is 3.53. The Labute approximate surface area is 186 Å². The average molecular weight is 448 g/mol. The number of anilines is 2. The first-order chi connectivity index (χ1) is 15.8. The predicted octanol–water partition coefficient (Wildman–Crippen LogP) is 7.19. The van der Waals surface area contributed by atoms with Gasteiger partial charge in [-0.25, -0.2) is 9.97 Å². The molecule has 0 atom stereocenters. The van der Waals surface area contributed by atoms with Crippen LogP contribution in [0.1, 0.15) is 5.56 Å². The Balaban J connectivity index is 1.38. The van der Waals surface area contributed by atoms with Crippen molar-refractivity contribution in [3.63, 3.8) is 0 Å². The maximum Gasteiger partial charge on any atom is 0.416 e. The molecule has 0 aliphatic carbocycles. The molecule has 0 bridgehead atoms. The van der Waals surface area contributed by atoms with E-state index in [1.54, 1.807) is 12.1 Å². The van der Waals surface area contributed by atoms with E-state index in [9.17, 15) is 17.6 Å². The van der Waals surface area contributed by atoms with Crippen molar-refractivity contribution in [1.82, 2.24) is 15.0 Å². The van der Waals surface area contributed by atoms with Crippen molar-refractivity contribution in [1.29, 1.82) is 0 Å². The van der Waals surface area contributed by atoms with Crippen LogP contribution in [0.25, 0.3) is 33.7 Å². The molecule has 0 radical (unpaired) electrons. The predicted molar refractivity (Wildman–Crippen MR) is 119 cm³/mol. The summed E-state index contributed by atoms with van der Waals surface area (Å²) in [5, 5.41) is 3.28. The SMILES string of the molecule is Fc1cccc(-c2ccc(Nc3cccc(-c4nc5ccc(C(F)(F)F)cc5[nH]4)c3)cc2)n1. The number of nitrogens with zero attached hydrogens (tertiary/aromatic N) is 2. The van der Waals surface area contributed by atoms with Crippen LogP contribution in [-0.4, -0.2) is 15.0 Å². The maximum atomic E-state index is 13.4. The molecule has 0 aliphatic rings. The van der Waals surface area contributed by atoms with Crippen LogP contribution in [-0.2, 0) is 6.18 Å². The fourth-order valence-electron chi connectivity index (χ4n) is 3.53. The molecule has 3 aromatic carbocycles. The van der Waals surface area contributed by atoms with Gasteiger partial charge in [0, 0.05) is 22.5 Å². The van der Waals surface area contributed by atoms with E-state index in [0.29, 0.717) is 22.6 Å². The van der Waals surface area contributed by atoms with Gasteiger partial charge in [-0.15, -0.1) is 0 Å². The molecule has 0 fully saturated rings. The van der Waals surface area contributed by atoms with E-state index < -0.39 is 17.7 Å². The molecule has 2 aromatic heterocycles. The summed E-state index contributed by atoms with van der Waals surface area (Å²) in [5.41, 5.74) is 3.70. The van der Waals surface area contributed by atoms with Crippen LogP contribution in [0, 0.1) is 5.95 Å². The molecular weight excluding hydrogens is 432 g/mol. The summed E-state index contributed by atoms with van der Waals surface area (Å²) in [7, 11) is 0. The lowest BCUT2D eigenvalue weighted by Crippen LogP contribution is -2.04. The van der Waals surface area contributed by atoms with Crippen LogP contribution < -0.4 is 5.32 Å².